The summed E-state index contributed by atoms with van der Waals surface area (Å²) < 4.78 is 9.38. The maximum Gasteiger partial charge on any atom is 0.335 e. The number of hydrogen-bond acceptors (Lipinski definition) is 3. The number of hydrogen-bond donors (Lipinski definition) is 0. The molecular weight excluding hydrogens is 156 g/mol. The molecule has 0 amide bonds. The van der Waals surface area contributed by atoms with Crippen LogP contribution in [0.4, 0.5) is 0 Å². The Bertz CT molecular complexity index is 283. The van der Waals surface area contributed by atoms with E-state index < -0.39 is 5.97 Å². The summed E-state index contributed by atoms with van der Waals surface area (Å²) in [6.07, 6.45) is 5.39. The molecular formula is C9H8O3. The second kappa shape index (κ2) is 4.18. The first-order valence-corrected chi connectivity index (χ1v) is 3.36. The zero-order valence-corrected chi connectivity index (χ0v) is 6.40. The third kappa shape index (κ3) is 2.46. The highest BCUT2D eigenvalue weighted by atomic mass is 16.5. The first-order chi connectivity index (χ1) is 5.83. The fourth-order valence-corrected chi connectivity index (χ4v) is 0.658. The summed E-state index contributed by atoms with van der Waals surface area (Å²) in [5, 5.41) is 0. The van der Waals surface area contributed by atoms with Gasteiger partial charge in [0.1, 0.15) is 5.76 Å². The van der Waals surface area contributed by atoms with Gasteiger partial charge < -0.3 is 9.15 Å². The molecule has 0 N–H and O–H groups in total. The van der Waals surface area contributed by atoms with Gasteiger partial charge in [-0.15, -0.1) is 0 Å². The Morgan fingerprint density at radius 2 is 2.50 bits per heavy atom. The van der Waals surface area contributed by atoms with Gasteiger partial charge in [0.05, 0.1) is 12.5 Å². The molecule has 0 aliphatic carbocycles. The molecule has 1 rings (SSSR count). The Morgan fingerprint density at radius 3 is 3.08 bits per heavy atom. The Labute approximate surface area is 69.9 Å². The zero-order valence-electron chi connectivity index (χ0n) is 6.40. The first kappa shape index (κ1) is 8.33. The number of rotatable bonds is 3. The smallest absolute Gasteiger partial charge is 0.335 e. The summed E-state index contributed by atoms with van der Waals surface area (Å²) in [5.74, 6) is 0.136. The first-order valence-electron chi connectivity index (χ1n) is 3.36. The van der Waals surface area contributed by atoms with Crippen LogP contribution in [0.3, 0.4) is 0 Å². The summed E-state index contributed by atoms with van der Waals surface area (Å²) in [4.78, 5) is 10.7. The average Bonchev–Trinajstić information content (AvgIpc) is 2.53. The zero-order chi connectivity index (χ0) is 8.81. The van der Waals surface area contributed by atoms with E-state index in [1.807, 2.05) is 0 Å². The summed E-state index contributed by atoms with van der Waals surface area (Å²) in [7, 11) is 0. The minimum atomic E-state index is -0.471. The molecule has 0 saturated carbocycles. The molecule has 0 unspecified atom stereocenters. The van der Waals surface area contributed by atoms with E-state index in [4.69, 9.17) is 4.42 Å². The van der Waals surface area contributed by atoms with Crippen LogP contribution in [-0.2, 0) is 9.53 Å². The van der Waals surface area contributed by atoms with Crippen molar-refractivity contribution in [3.05, 3.63) is 43.1 Å². The molecule has 0 aliphatic heterocycles. The molecule has 0 aromatic carbocycles. The molecule has 0 fully saturated rings. The van der Waals surface area contributed by atoms with E-state index in [0.717, 1.165) is 6.26 Å². The van der Waals surface area contributed by atoms with Crippen LogP contribution < -0.4 is 0 Å². The van der Waals surface area contributed by atoms with Crippen LogP contribution in [0, 0.1) is 0 Å². The van der Waals surface area contributed by atoms with Crippen LogP contribution in [0.25, 0.3) is 6.08 Å². The molecule has 3 nitrogen and oxygen atoms in total. The van der Waals surface area contributed by atoms with Crippen molar-refractivity contribution in [3.63, 3.8) is 0 Å². The van der Waals surface area contributed by atoms with Crippen molar-refractivity contribution in [1.82, 2.24) is 0 Å². The van der Waals surface area contributed by atoms with Gasteiger partial charge in [-0.1, -0.05) is 6.58 Å². The van der Waals surface area contributed by atoms with Gasteiger partial charge in [0.15, 0.2) is 0 Å². The van der Waals surface area contributed by atoms with Gasteiger partial charge in [-0.2, -0.15) is 0 Å². The van der Waals surface area contributed by atoms with Crippen LogP contribution in [-0.4, -0.2) is 5.97 Å². The normalized spacial score (nSPS) is 10.0. The van der Waals surface area contributed by atoms with E-state index in [1.54, 1.807) is 12.1 Å². The van der Waals surface area contributed by atoms with Crippen LogP contribution in [0.1, 0.15) is 5.76 Å². The van der Waals surface area contributed by atoms with Crippen molar-refractivity contribution >= 4 is 12.0 Å². The van der Waals surface area contributed by atoms with Crippen molar-refractivity contribution in [2.45, 2.75) is 0 Å². The monoisotopic (exact) mass is 164 g/mol. The number of esters is 1. The van der Waals surface area contributed by atoms with Crippen molar-refractivity contribution in [1.29, 1.82) is 0 Å². The molecule has 1 aromatic rings. The van der Waals surface area contributed by atoms with Crippen LogP contribution in [0.15, 0.2) is 41.7 Å². The van der Waals surface area contributed by atoms with Gasteiger partial charge in [0.25, 0.3) is 0 Å². The number of ether oxygens (including phenoxy) is 1. The van der Waals surface area contributed by atoms with Crippen LogP contribution in [0.2, 0.25) is 0 Å². The van der Waals surface area contributed by atoms with Gasteiger partial charge in [0.2, 0.25) is 0 Å². The Kier molecular flexibility index (Phi) is 2.90. The number of furan rings is 1. The van der Waals surface area contributed by atoms with E-state index in [2.05, 4.69) is 11.3 Å². The number of carbonyl (C=O) groups is 1. The highest BCUT2D eigenvalue weighted by Crippen LogP contribution is 2.01. The maximum atomic E-state index is 10.7. The predicted octanol–water partition coefficient (Wildman–Crippen LogP) is 1.98. The highest BCUT2D eigenvalue weighted by Gasteiger charge is 1.93. The van der Waals surface area contributed by atoms with Gasteiger partial charge in [-0.3, -0.25) is 0 Å². The minimum absolute atomic E-state index is 0.471. The SMILES string of the molecule is C=COC(=O)C=Cc1ccco1. The quantitative estimate of drug-likeness (QED) is 0.389. The van der Waals surface area contributed by atoms with Crippen molar-refractivity contribution in [3.8, 4) is 0 Å². The largest absolute Gasteiger partial charge is 0.465 e. The van der Waals surface area contributed by atoms with Gasteiger partial charge in [-0.05, 0) is 18.2 Å². The standard InChI is InChI=1S/C9H8O3/c1-2-11-9(10)6-5-8-4-3-7-12-8/h2-7H,1H2. The Balaban J connectivity index is 2.50. The van der Waals surface area contributed by atoms with E-state index in [0.29, 0.717) is 5.76 Å². The lowest BCUT2D eigenvalue weighted by molar-refractivity contribution is -0.132. The fourth-order valence-electron chi connectivity index (χ4n) is 0.658. The van der Waals surface area contributed by atoms with E-state index in [9.17, 15) is 4.79 Å². The molecule has 1 heterocycles. The lowest BCUT2D eigenvalue weighted by Gasteiger charge is -1.88. The third-order valence-electron chi connectivity index (χ3n) is 1.13. The van der Waals surface area contributed by atoms with Crippen molar-refractivity contribution < 1.29 is 13.9 Å². The summed E-state index contributed by atoms with van der Waals surface area (Å²) in [6.45, 7) is 3.25. The molecule has 0 radical (unpaired) electrons. The Morgan fingerprint density at radius 1 is 1.67 bits per heavy atom. The predicted molar refractivity (Wildman–Crippen MR) is 44.0 cm³/mol. The third-order valence-corrected chi connectivity index (χ3v) is 1.13. The van der Waals surface area contributed by atoms with E-state index in [-0.39, 0.29) is 0 Å². The molecule has 0 aliphatic rings. The minimum Gasteiger partial charge on any atom is -0.465 e. The molecule has 0 bridgehead atoms. The average molecular weight is 164 g/mol. The number of carbonyl (C=O) groups excluding carboxylic acids is 1. The fraction of sp³-hybridized carbons (Fsp3) is 0. The molecule has 0 saturated heterocycles. The van der Waals surface area contributed by atoms with Crippen LogP contribution in [0.5, 0.6) is 0 Å². The second-order valence-electron chi connectivity index (χ2n) is 1.95. The van der Waals surface area contributed by atoms with Crippen LogP contribution >= 0.6 is 0 Å². The summed E-state index contributed by atoms with van der Waals surface area (Å²) in [6, 6.07) is 3.47. The van der Waals surface area contributed by atoms with Crippen molar-refractivity contribution in [2.24, 2.45) is 0 Å². The summed E-state index contributed by atoms with van der Waals surface area (Å²) >= 11 is 0. The lowest BCUT2D eigenvalue weighted by Crippen LogP contribution is -1.91. The highest BCUT2D eigenvalue weighted by molar-refractivity contribution is 5.86. The lowest BCUT2D eigenvalue weighted by atomic mass is 10.4. The van der Waals surface area contributed by atoms with Gasteiger partial charge >= 0.3 is 5.97 Å². The molecule has 0 spiro atoms. The van der Waals surface area contributed by atoms with Crippen molar-refractivity contribution in [2.75, 3.05) is 0 Å². The molecule has 62 valence electrons. The van der Waals surface area contributed by atoms with E-state index in [1.165, 1.54) is 18.4 Å². The van der Waals surface area contributed by atoms with Gasteiger partial charge in [0, 0.05) is 6.08 Å². The maximum absolute atomic E-state index is 10.7. The van der Waals surface area contributed by atoms with E-state index >= 15 is 0 Å². The van der Waals surface area contributed by atoms with Gasteiger partial charge in [-0.25, -0.2) is 4.79 Å². The molecule has 1 aromatic heterocycles. The summed E-state index contributed by atoms with van der Waals surface area (Å²) in [5.41, 5.74) is 0. The topological polar surface area (TPSA) is 39.4 Å². The second-order valence-corrected chi connectivity index (χ2v) is 1.95. The molecule has 0 atom stereocenters. The molecule has 3 heteroatoms. The molecule has 12 heavy (non-hydrogen) atoms. The Hall–Kier alpha value is -1.77.